The maximum atomic E-state index is 13.0. The summed E-state index contributed by atoms with van der Waals surface area (Å²) in [5.41, 5.74) is -0.145. The minimum atomic E-state index is -0.207. The van der Waals surface area contributed by atoms with Gasteiger partial charge in [0, 0.05) is 12.5 Å². The molecule has 2 aliphatic heterocycles. The molecular weight excluding hydrogens is 238 g/mol. The quantitative estimate of drug-likeness (QED) is 0.852. The number of ketones is 1. The number of Topliss-reactive ketones (excluding diaryl/α,β-unsaturated/α-hetero) is 1. The van der Waals surface area contributed by atoms with E-state index in [1.54, 1.807) is 0 Å². The van der Waals surface area contributed by atoms with Gasteiger partial charge in [-0.15, -0.1) is 0 Å². The van der Waals surface area contributed by atoms with Crippen LogP contribution in [0.1, 0.15) is 64.7 Å². The number of carbonyl (C=O) groups excluding carboxylic acids is 1. The van der Waals surface area contributed by atoms with Gasteiger partial charge in [-0.2, -0.15) is 0 Å². The third kappa shape index (κ3) is 2.36. The van der Waals surface area contributed by atoms with Crippen molar-refractivity contribution in [3.63, 3.8) is 0 Å². The Labute approximate surface area is 116 Å². The first-order valence-corrected chi connectivity index (χ1v) is 8.13. The molecule has 0 radical (unpaired) electrons. The van der Waals surface area contributed by atoms with Crippen LogP contribution in [-0.2, 0) is 9.53 Å². The number of nitrogens with one attached hydrogen (secondary N) is 1. The first kappa shape index (κ1) is 13.6. The molecular formula is C16H27NO2. The van der Waals surface area contributed by atoms with Gasteiger partial charge in [0.1, 0.15) is 0 Å². The molecule has 0 bridgehead atoms. The first-order chi connectivity index (χ1) is 9.20. The molecule has 1 saturated carbocycles. The van der Waals surface area contributed by atoms with Gasteiger partial charge in [0.15, 0.2) is 5.78 Å². The van der Waals surface area contributed by atoms with Gasteiger partial charge in [-0.25, -0.2) is 0 Å². The summed E-state index contributed by atoms with van der Waals surface area (Å²) < 4.78 is 6.06. The lowest BCUT2D eigenvalue weighted by Gasteiger charge is -2.40. The Hall–Kier alpha value is -0.410. The molecule has 1 spiro atoms. The van der Waals surface area contributed by atoms with Crippen LogP contribution in [0.4, 0.5) is 0 Å². The molecule has 3 nitrogen and oxygen atoms in total. The summed E-state index contributed by atoms with van der Waals surface area (Å²) in [6.07, 6.45) is 9.93. The summed E-state index contributed by atoms with van der Waals surface area (Å²) in [7, 11) is 0. The van der Waals surface area contributed by atoms with Crippen LogP contribution in [0.2, 0.25) is 0 Å². The minimum absolute atomic E-state index is 0.0616. The smallest absolute Gasteiger partial charge is 0.156 e. The van der Waals surface area contributed by atoms with Crippen molar-refractivity contribution in [1.82, 2.24) is 5.32 Å². The number of rotatable bonds is 3. The van der Waals surface area contributed by atoms with Crippen molar-refractivity contribution < 1.29 is 9.53 Å². The number of carbonyl (C=O) groups is 1. The van der Waals surface area contributed by atoms with Crippen LogP contribution in [0.5, 0.6) is 0 Å². The third-order valence-corrected chi connectivity index (χ3v) is 5.70. The number of hydrogen-bond donors (Lipinski definition) is 1. The molecule has 3 rings (SSSR count). The average Bonchev–Trinajstić information content (AvgIpc) is 3.08. The summed E-state index contributed by atoms with van der Waals surface area (Å²) in [5, 5.41) is 3.51. The van der Waals surface area contributed by atoms with Crippen LogP contribution in [0, 0.1) is 5.92 Å². The van der Waals surface area contributed by atoms with Gasteiger partial charge in [0.2, 0.25) is 0 Å². The molecule has 3 heteroatoms. The van der Waals surface area contributed by atoms with Crippen molar-refractivity contribution in [3.8, 4) is 0 Å². The van der Waals surface area contributed by atoms with Crippen molar-refractivity contribution in [2.75, 3.05) is 13.2 Å². The lowest BCUT2D eigenvalue weighted by atomic mass is 9.75. The van der Waals surface area contributed by atoms with Crippen LogP contribution in [0.15, 0.2) is 0 Å². The molecule has 0 amide bonds. The molecule has 3 aliphatic rings. The van der Waals surface area contributed by atoms with Crippen molar-refractivity contribution in [2.24, 2.45) is 5.92 Å². The zero-order valence-corrected chi connectivity index (χ0v) is 12.2. The predicted molar refractivity (Wildman–Crippen MR) is 75.1 cm³/mol. The van der Waals surface area contributed by atoms with Crippen molar-refractivity contribution in [3.05, 3.63) is 0 Å². The second kappa shape index (κ2) is 5.17. The SMILES string of the molecule is CCC1(C(=O)C2CCOC3(CCCC3)C2)CCCN1. The van der Waals surface area contributed by atoms with Crippen LogP contribution in [0.25, 0.3) is 0 Å². The lowest BCUT2D eigenvalue weighted by molar-refractivity contribution is -0.142. The van der Waals surface area contributed by atoms with Gasteiger partial charge in [-0.1, -0.05) is 19.8 Å². The van der Waals surface area contributed by atoms with E-state index in [0.717, 1.165) is 45.3 Å². The minimum Gasteiger partial charge on any atom is -0.375 e. The van der Waals surface area contributed by atoms with E-state index in [0.29, 0.717) is 5.78 Å². The van der Waals surface area contributed by atoms with E-state index in [9.17, 15) is 4.79 Å². The maximum Gasteiger partial charge on any atom is 0.156 e. The summed E-state index contributed by atoms with van der Waals surface area (Å²) in [5.74, 6) is 0.722. The summed E-state index contributed by atoms with van der Waals surface area (Å²) in [6.45, 7) is 3.95. The molecule has 2 saturated heterocycles. The molecule has 1 aliphatic carbocycles. The Bertz CT molecular complexity index is 341. The standard InChI is InChI=1S/C16H27NO2/c1-2-16(9-5-10-17-16)14(18)13-6-11-19-15(12-13)7-3-4-8-15/h13,17H,2-12H2,1H3. The van der Waals surface area contributed by atoms with Gasteiger partial charge in [-0.3, -0.25) is 4.79 Å². The average molecular weight is 265 g/mol. The lowest BCUT2D eigenvalue weighted by Crippen LogP contribution is -2.52. The Morgan fingerprint density at radius 1 is 1.26 bits per heavy atom. The molecule has 108 valence electrons. The Balaban J connectivity index is 1.72. The fourth-order valence-corrected chi connectivity index (χ4v) is 4.50. The highest BCUT2D eigenvalue weighted by molar-refractivity contribution is 5.91. The highest BCUT2D eigenvalue weighted by Gasteiger charge is 2.47. The predicted octanol–water partition coefficient (Wildman–Crippen LogP) is 2.83. The Kier molecular flexibility index (Phi) is 3.69. The maximum absolute atomic E-state index is 13.0. The van der Waals surface area contributed by atoms with Gasteiger partial charge >= 0.3 is 0 Å². The molecule has 0 aromatic heterocycles. The molecule has 19 heavy (non-hydrogen) atoms. The number of ether oxygens (including phenoxy) is 1. The van der Waals surface area contributed by atoms with E-state index in [4.69, 9.17) is 4.74 Å². The van der Waals surface area contributed by atoms with Crippen molar-refractivity contribution in [2.45, 2.75) is 75.9 Å². The van der Waals surface area contributed by atoms with Gasteiger partial charge in [0.05, 0.1) is 11.1 Å². The van der Waals surface area contributed by atoms with E-state index < -0.39 is 0 Å². The fraction of sp³-hybridized carbons (Fsp3) is 0.938. The molecule has 2 atom stereocenters. The Morgan fingerprint density at radius 2 is 2.05 bits per heavy atom. The van der Waals surface area contributed by atoms with Crippen LogP contribution < -0.4 is 5.32 Å². The van der Waals surface area contributed by atoms with Gasteiger partial charge < -0.3 is 10.1 Å². The summed E-state index contributed by atoms with van der Waals surface area (Å²) >= 11 is 0. The molecule has 0 aromatic rings. The normalized spacial score (nSPS) is 37.8. The zero-order chi connectivity index (χ0) is 13.3. The monoisotopic (exact) mass is 265 g/mol. The first-order valence-electron chi connectivity index (χ1n) is 8.13. The summed E-state index contributed by atoms with van der Waals surface area (Å²) in [6, 6.07) is 0. The van der Waals surface area contributed by atoms with Crippen LogP contribution in [0.3, 0.4) is 0 Å². The molecule has 2 heterocycles. The second-order valence-corrected chi connectivity index (χ2v) is 6.76. The van der Waals surface area contributed by atoms with Crippen LogP contribution >= 0.6 is 0 Å². The topological polar surface area (TPSA) is 38.3 Å². The third-order valence-electron chi connectivity index (χ3n) is 5.70. The molecule has 2 unspecified atom stereocenters. The highest BCUT2D eigenvalue weighted by atomic mass is 16.5. The van der Waals surface area contributed by atoms with E-state index in [1.807, 2.05) is 0 Å². The largest absolute Gasteiger partial charge is 0.375 e. The molecule has 3 fully saturated rings. The van der Waals surface area contributed by atoms with Gasteiger partial charge in [-0.05, 0) is 51.5 Å². The van der Waals surface area contributed by atoms with Gasteiger partial charge in [0.25, 0.3) is 0 Å². The van der Waals surface area contributed by atoms with Crippen molar-refractivity contribution >= 4 is 5.78 Å². The summed E-state index contributed by atoms with van der Waals surface area (Å²) in [4.78, 5) is 13.0. The second-order valence-electron chi connectivity index (χ2n) is 6.76. The molecule has 0 aromatic carbocycles. The molecule has 1 N–H and O–H groups in total. The van der Waals surface area contributed by atoms with E-state index in [2.05, 4.69) is 12.2 Å². The van der Waals surface area contributed by atoms with E-state index >= 15 is 0 Å². The van der Waals surface area contributed by atoms with Crippen LogP contribution in [-0.4, -0.2) is 30.1 Å². The fourth-order valence-electron chi connectivity index (χ4n) is 4.50. The highest BCUT2D eigenvalue weighted by Crippen LogP contribution is 2.43. The van der Waals surface area contributed by atoms with E-state index in [-0.39, 0.29) is 17.1 Å². The van der Waals surface area contributed by atoms with Crippen molar-refractivity contribution in [1.29, 1.82) is 0 Å². The Morgan fingerprint density at radius 3 is 2.68 bits per heavy atom. The van der Waals surface area contributed by atoms with E-state index in [1.165, 1.54) is 25.7 Å². The number of hydrogen-bond acceptors (Lipinski definition) is 3. The zero-order valence-electron chi connectivity index (χ0n) is 12.2.